The summed E-state index contributed by atoms with van der Waals surface area (Å²) in [6.45, 7) is 3.51. The van der Waals surface area contributed by atoms with Crippen molar-refractivity contribution in [3.63, 3.8) is 0 Å². The molecule has 2 heterocycles. The molecule has 29 heavy (non-hydrogen) atoms. The van der Waals surface area contributed by atoms with E-state index in [1.54, 1.807) is 0 Å². The minimum atomic E-state index is -0.208. The van der Waals surface area contributed by atoms with Crippen LogP contribution in [0.25, 0.3) is 21.8 Å². The number of halogens is 1. The van der Waals surface area contributed by atoms with E-state index in [1.807, 2.05) is 18.3 Å². The lowest BCUT2D eigenvalue weighted by atomic mass is 10.1. The number of para-hydroxylation sites is 1. The molecule has 4 rings (SSSR count). The van der Waals surface area contributed by atoms with E-state index in [0.29, 0.717) is 6.54 Å². The van der Waals surface area contributed by atoms with E-state index in [1.165, 1.54) is 28.4 Å². The van der Waals surface area contributed by atoms with Crippen LogP contribution in [-0.2, 0) is 13.1 Å². The van der Waals surface area contributed by atoms with Crippen molar-refractivity contribution < 1.29 is 4.39 Å². The summed E-state index contributed by atoms with van der Waals surface area (Å²) in [6.07, 6.45) is 3.09. The second kappa shape index (κ2) is 8.72. The molecule has 0 amide bonds. The van der Waals surface area contributed by atoms with Gasteiger partial charge in [0.05, 0.1) is 17.4 Å². The first kappa shape index (κ1) is 19.6. The first-order chi connectivity index (χ1) is 14.1. The molecule has 0 radical (unpaired) electrons. The zero-order chi connectivity index (χ0) is 20.2. The Morgan fingerprint density at radius 3 is 2.59 bits per heavy atom. The van der Waals surface area contributed by atoms with Crippen molar-refractivity contribution >= 4 is 21.8 Å². The topological polar surface area (TPSA) is 33.1 Å². The SMILES string of the molecule is CN(C)CCCNCc1cc2c3ccccc3n(Cc3ccc(F)cc3)c2cn1. The van der Waals surface area contributed by atoms with Crippen LogP contribution in [0, 0.1) is 5.82 Å². The van der Waals surface area contributed by atoms with Crippen LogP contribution in [0.5, 0.6) is 0 Å². The molecule has 0 aliphatic carbocycles. The van der Waals surface area contributed by atoms with Gasteiger partial charge in [0, 0.05) is 29.4 Å². The van der Waals surface area contributed by atoms with Gasteiger partial charge in [-0.2, -0.15) is 0 Å². The number of aromatic nitrogens is 2. The zero-order valence-corrected chi connectivity index (χ0v) is 17.0. The van der Waals surface area contributed by atoms with E-state index >= 15 is 0 Å². The summed E-state index contributed by atoms with van der Waals surface area (Å²) >= 11 is 0. The average Bonchev–Trinajstić information content (AvgIpc) is 3.03. The van der Waals surface area contributed by atoms with Gasteiger partial charge < -0.3 is 14.8 Å². The Kier molecular flexibility index (Phi) is 5.88. The van der Waals surface area contributed by atoms with Gasteiger partial charge in [-0.05, 0) is 63.4 Å². The predicted octanol–water partition coefficient (Wildman–Crippen LogP) is 4.42. The van der Waals surface area contributed by atoms with Crippen molar-refractivity contribution in [2.75, 3.05) is 27.2 Å². The Morgan fingerprint density at radius 2 is 1.79 bits per heavy atom. The number of fused-ring (bicyclic) bond motifs is 3. The molecule has 0 aliphatic rings. The minimum Gasteiger partial charge on any atom is -0.335 e. The third-order valence-corrected chi connectivity index (χ3v) is 5.23. The molecular weight excluding hydrogens is 363 g/mol. The van der Waals surface area contributed by atoms with Crippen molar-refractivity contribution in [3.8, 4) is 0 Å². The largest absolute Gasteiger partial charge is 0.335 e. The van der Waals surface area contributed by atoms with Gasteiger partial charge in [0.25, 0.3) is 0 Å². The lowest BCUT2D eigenvalue weighted by Crippen LogP contribution is -2.21. The van der Waals surface area contributed by atoms with Crippen LogP contribution >= 0.6 is 0 Å². The van der Waals surface area contributed by atoms with Crippen molar-refractivity contribution in [3.05, 3.63) is 77.9 Å². The fourth-order valence-electron chi connectivity index (χ4n) is 3.76. The second-order valence-corrected chi connectivity index (χ2v) is 7.76. The maximum absolute atomic E-state index is 13.3. The Balaban J connectivity index is 1.61. The Hall–Kier alpha value is -2.76. The van der Waals surface area contributed by atoms with E-state index < -0.39 is 0 Å². The molecule has 0 atom stereocenters. The first-order valence-electron chi connectivity index (χ1n) is 10.1. The van der Waals surface area contributed by atoms with Gasteiger partial charge in [-0.3, -0.25) is 4.98 Å². The lowest BCUT2D eigenvalue weighted by molar-refractivity contribution is 0.394. The molecule has 2 aromatic carbocycles. The van der Waals surface area contributed by atoms with E-state index in [9.17, 15) is 4.39 Å². The van der Waals surface area contributed by atoms with Crippen LogP contribution in [0.3, 0.4) is 0 Å². The highest BCUT2D eigenvalue weighted by Crippen LogP contribution is 2.29. The van der Waals surface area contributed by atoms with E-state index in [2.05, 4.69) is 59.2 Å². The summed E-state index contributed by atoms with van der Waals surface area (Å²) in [6, 6.07) is 17.3. The summed E-state index contributed by atoms with van der Waals surface area (Å²) in [7, 11) is 4.19. The summed E-state index contributed by atoms with van der Waals surface area (Å²) in [5.41, 5.74) is 4.39. The van der Waals surface area contributed by atoms with Crippen molar-refractivity contribution in [1.82, 2.24) is 19.8 Å². The van der Waals surface area contributed by atoms with Crippen LogP contribution < -0.4 is 5.32 Å². The number of rotatable bonds is 8. The molecule has 0 fully saturated rings. The fourth-order valence-corrected chi connectivity index (χ4v) is 3.76. The number of benzene rings is 2. The molecule has 0 saturated carbocycles. The normalized spacial score (nSPS) is 11.7. The van der Waals surface area contributed by atoms with Crippen LogP contribution in [0.15, 0.2) is 60.8 Å². The van der Waals surface area contributed by atoms with Crippen LogP contribution in [0.1, 0.15) is 17.7 Å². The zero-order valence-electron chi connectivity index (χ0n) is 17.0. The first-order valence-corrected chi connectivity index (χ1v) is 10.1. The Morgan fingerprint density at radius 1 is 1.00 bits per heavy atom. The Bertz CT molecular complexity index is 1100. The highest BCUT2D eigenvalue weighted by molar-refractivity contribution is 6.07. The van der Waals surface area contributed by atoms with Crippen LogP contribution in [0.2, 0.25) is 0 Å². The van der Waals surface area contributed by atoms with Gasteiger partial charge in [0.1, 0.15) is 5.82 Å². The summed E-state index contributed by atoms with van der Waals surface area (Å²) in [5, 5.41) is 5.92. The number of nitrogens with zero attached hydrogens (tertiary/aromatic N) is 3. The van der Waals surface area contributed by atoms with Gasteiger partial charge in [-0.15, -0.1) is 0 Å². The van der Waals surface area contributed by atoms with Gasteiger partial charge in [0.2, 0.25) is 0 Å². The quantitative estimate of drug-likeness (QED) is 0.452. The molecule has 0 aliphatic heterocycles. The molecule has 2 aromatic heterocycles. The van der Waals surface area contributed by atoms with E-state index in [4.69, 9.17) is 4.98 Å². The third-order valence-electron chi connectivity index (χ3n) is 5.23. The van der Waals surface area contributed by atoms with Crippen molar-refractivity contribution in [2.24, 2.45) is 0 Å². The highest BCUT2D eigenvalue weighted by atomic mass is 19.1. The van der Waals surface area contributed by atoms with Crippen molar-refractivity contribution in [2.45, 2.75) is 19.5 Å². The van der Waals surface area contributed by atoms with E-state index in [0.717, 1.165) is 42.8 Å². The van der Waals surface area contributed by atoms with E-state index in [-0.39, 0.29) is 5.82 Å². The molecule has 4 nitrogen and oxygen atoms in total. The standard InChI is InChI=1S/C24H27FN4/c1-28(2)13-5-12-26-15-20-14-22-21-6-3-4-7-23(21)29(24(22)16-27-20)17-18-8-10-19(25)11-9-18/h3-4,6-11,14,16,26H,5,12-13,15,17H2,1-2H3. The molecule has 0 saturated heterocycles. The summed E-state index contributed by atoms with van der Waals surface area (Å²) in [4.78, 5) is 6.89. The molecule has 150 valence electrons. The molecule has 0 unspecified atom stereocenters. The molecule has 0 bridgehead atoms. The molecule has 1 N–H and O–H groups in total. The smallest absolute Gasteiger partial charge is 0.123 e. The third kappa shape index (κ3) is 4.47. The van der Waals surface area contributed by atoms with Gasteiger partial charge in [-0.1, -0.05) is 30.3 Å². The molecule has 0 spiro atoms. The summed E-state index contributed by atoms with van der Waals surface area (Å²) in [5.74, 6) is -0.208. The number of nitrogens with one attached hydrogen (secondary N) is 1. The number of pyridine rings is 1. The number of hydrogen-bond acceptors (Lipinski definition) is 3. The maximum atomic E-state index is 13.3. The van der Waals surface area contributed by atoms with Gasteiger partial charge in [0.15, 0.2) is 0 Å². The Labute approximate surface area is 171 Å². The van der Waals surface area contributed by atoms with Gasteiger partial charge in [-0.25, -0.2) is 4.39 Å². The summed E-state index contributed by atoms with van der Waals surface area (Å²) < 4.78 is 15.5. The van der Waals surface area contributed by atoms with Gasteiger partial charge >= 0.3 is 0 Å². The average molecular weight is 391 g/mol. The van der Waals surface area contributed by atoms with Crippen LogP contribution in [-0.4, -0.2) is 41.6 Å². The minimum absolute atomic E-state index is 0.208. The fraction of sp³-hybridized carbons (Fsp3) is 0.292. The monoisotopic (exact) mass is 390 g/mol. The number of hydrogen-bond donors (Lipinski definition) is 1. The molecular formula is C24H27FN4. The molecule has 4 aromatic rings. The lowest BCUT2D eigenvalue weighted by Gasteiger charge is -2.10. The predicted molar refractivity (Wildman–Crippen MR) is 118 cm³/mol. The second-order valence-electron chi connectivity index (χ2n) is 7.76. The van der Waals surface area contributed by atoms with Crippen molar-refractivity contribution in [1.29, 1.82) is 0 Å². The van der Waals surface area contributed by atoms with Crippen LogP contribution in [0.4, 0.5) is 4.39 Å². The highest BCUT2D eigenvalue weighted by Gasteiger charge is 2.12. The molecule has 5 heteroatoms. The maximum Gasteiger partial charge on any atom is 0.123 e.